The van der Waals surface area contributed by atoms with Crippen LogP contribution in [0, 0.1) is 0 Å². The first kappa shape index (κ1) is 17.4. The van der Waals surface area contributed by atoms with E-state index in [2.05, 4.69) is 21.9 Å². The zero-order valence-corrected chi connectivity index (χ0v) is 14.3. The summed E-state index contributed by atoms with van der Waals surface area (Å²) in [6.45, 7) is 8.67. The number of nitrogens with one attached hydrogen (secondary N) is 2. The fraction of sp³-hybridized carbons (Fsp3) is 0.750. The van der Waals surface area contributed by atoms with E-state index in [9.17, 15) is 8.42 Å². The lowest BCUT2D eigenvalue weighted by Crippen LogP contribution is -2.37. The van der Waals surface area contributed by atoms with E-state index in [0.717, 1.165) is 18.7 Å². The Morgan fingerprint density at radius 3 is 2.60 bits per heavy atom. The molecule has 6 nitrogen and oxygen atoms in total. The fourth-order valence-electron chi connectivity index (χ4n) is 1.46. The number of thiazole rings is 1. The molecule has 0 fully saturated rings. The van der Waals surface area contributed by atoms with E-state index in [0.29, 0.717) is 5.13 Å². The summed E-state index contributed by atoms with van der Waals surface area (Å²) in [5.74, 6) is 0. The average molecular weight is 320 g/mol. The molecule has 0 radical (unpaired) electrons. The van der Waals surface area contributed by atoms with Crippen molar-refractivity contribution in [1.29, 1.82) is 0 Å². The molecule has 1 atom stereocenters. The van der Waals surface area contributed by atoms with Gasteiger partial charge in [-0.25, -0.2) is 9.71 Å². The van der Waals surface area contributed by atoms with Crippen molar-refractivity contribution in [3.05, 3.63) is 11.1 Å². The van der Waals surface area contributed by atoms with Crippen LogP contribution in [-0.4, -0.2) is 37.3 Å². The molecule has 0 amide bonds. The Balaban J connectivity index is 2.73. The molecule has 0 aliphatic rings. The molecule has 0 aromatic carbocycles. The molecule has 2 N–H and O–H groups in total. The maximum Gasteiger partial charge on any atom is 0.303 e. The molecule has 1 heterocycles. The number of hydrogen-bond acceptors (Lipinski definition) is 5. The van der Waals surface area contributed by atoms with E-state index in [1.807, 2.05) is 26.2 Å². The highest BCUT2D eigenvalue weighted by molar-refractivity contribution is 7.90. The summed E-state index contributed by atoms with van der Waals surface area (Å²) < 4.78 is 27.9. The van der Waals surface area contributed by atoms with Gasteiger partial charge in [-0.15, -0.1) is 11.3 Å². The third-order valence-corrected chi connectivity index (χ3v) is 5.53. The van der Waals surface area contributed by atoms with Crippen LogP contribution >= 0.6 is 11.3 Å². The molecule has 0 aliphatic heterocycles. The highest BCUT2D eigenvalue weighted by atomic mass is 32.2. The summed E-state index contributed by atoms with van der Waals surface area (Å²) in [5.41, 5.74) is 0.855. The summed E-state index contributed by atoms with van der Waals surface area (Å²) in [6, 6.07) is 0.0179. The van der Waals surface area contributed by atoms with Crippen molar-refractivity contribution in [3.63, 3.8) is 0 Å². The molecule has 0 saturated carbocycles. The lowest BCUT2D eigenvalue weighted by molar-refractivity contribution is 0.414. The van der Waals surface area contributed by atoms with Crippen molar-refractivity contribution < 1.29 is 8.42 Å². The van der Waals surface area contributed by atoms with Gasteiger partial charge in [0.05, 0.1) is 5.69 Å². The SMILES string of the molecule is CCCNC(C)c1csc(NS(=O)(=O)N(C)C(C)C)n1. The molecule has 8 heteroatoms. The Bertz CT molecular complexity index is 513. The normalized spacial score (nSPS) is 13.9. The Morgan fingerprint density at radius 2 is 2.05 bits per heavy atom. The van der Waals surface area contributed by atoms with E-state index in [1.165, 1.54) is 15.6 Å². The van der Waals surface area contributed by atoms with Gasteiger partial charge < -0.3 is 5.32 Å². The van der Waals surface area contributed by atoms with Gasteiger partial charge in [0.1, 0.15) is 0 Å². The van der Waals surface area contributed by atoms with Gasteiger partial charge in [0.15, 0.2) is 5.13 Å². The largest absolute Gasteiger partial charge is 0.309 e. The minimum absolute atomic E-state index is 0.0999. The standard InChI is InChI=1S/C12H24N4O2S2/c1-6-7-13-10(4)11-8-19-12(14-11)15-20(17,18)16(5)9(2)3/h8-10,13H,6-7H2,1-5H3,(H,14,15). The molecule has 0 saturated heterocycles. The van der Waals surface area contributed by atoms with Crippen LogP contribution in [0.2, 0.25) is 0 Å². The zero-order valence-electron chi connectivity index (χ0n) is 12.7. The first-order chi connectivity index (χ1) is 9.27. The van der Waals surface area contributed by atoms with E-state index in [4.69, 9.17) is 0 Å². The van der Waals surface area contributed by atoms with Crippen molar-refractivity contribution in [3.8, 4) is 0 Å². The maximum absolute atomic E-state index is 12.1. The molecule has 20 heavy (non-hydrogen) atoms. The number of aromatic nitrogens is 1. The zero-order chi connectivity index (χ0) is 15.3. The van der Waals surface area contributed by atoms with E-state index in [-0.39, 0.29) is 12.1 Å². The predicted octanol–water partition coefficient (Wildman–Crippen LogP) is 2.20. The van der Waals surface area contributed by atoms with Crippen molar-refractivity contribution in [2.24, 2.45) is 0 Å². The summed E-state index contributed by atoms with van der Waals surface area (Å²) in [7, 11) is -1.98. The van der Waals surface area contributed by atoms with E-state index in [1.54, 1.807) is 7.05 Å². The number of nitrogens with zero attached hydrogens (tertiary/aromatic N) is 2. The van der Waals surface area contributed by atoms with Gasteiger partial charge >= 0.3 is 10.2 Å². The third-order valence-electron chi connectivity index (χ3n) is 2.99. The van der Waals surface area contributed by atoms with Crippen molar-refractivity contribution >= 4 is 26.7 Å². The van der Waals surface area contributed by atoms with Crippen LogP contribution in [0.25, 0.3) is 0 Å². The average Bonchev–Trinajstić information content (AvgIpc) is 2.82. The highest BCUT2D eigenvalue weighted by Gasteiger charge is 2.22. The number of hydrogen-bond donors (Lipinski definition) is 2. The van der Waals surface area contributed by atoms with Gasteiger partial charge in [-0.2, -0.15) is 12.7 Å². The van der Waals surface area contributed by atoms with Crippen LogP contribution in [0.3, 0.4) is 0 Å². The summed E-state index contributed by atoms with van der Waals surface area (Å²) >= 11 is 1.30. The highest BCUT2D eigenvalue weighted by Crippen LogP contribution is 2.22. The molecule has 1 aromatic heterocycles. The van der Waals surface area contributed by atoms with E-state index >= 15 is 0 Å². The number of anilines is 1. The molecular formula is C12H24N4O2S2. The Kier molecular flexibility index (Phi) is 6.38. The molecular weight excluding hydrogens is 296 g/mol. The van der Waals surface area contributed by atoms with Gasteiger partial charge in [-0.3, -0.25) is 0 Å². The second-order valence-corrected chi connectivity index (χ2v) is 7.56. The number of rotatable bonds is 8. The first-order valence-electron chi connectivity index (χ1n) is 6.72. The van der Waals surface area contributed by atoms with Crippen LogP contribution in [0.5, 0.6) is 0 Å². The molecule has 1 rings (SSSR count). The van der Waals surface area contributed by atoms with Gasteiger partial charge in [0, 0.05) is 24.5 Å². The predicted molar refractivity (Wildman–Crippen MR) is 84.3 cm³/mol. The van der Waals surface area contributed by atoms with Crippen LogP contribution < -0.4 is 10.0 Å². The van der Waals surface area contributed by atoms with Crippen molar-refractivity contribution in [2.75, 3.05) is 18.3 Å². The lowest BCUT2D eigenvalue weighted by Gasteiger charge is -2.20. The van der Waals surface area contributed by atoms with Crippen LogP contribution in [-0.2, 0) is 10.2 Å². The van der Waals surface area contributed by atoms with Crippen molar-refractivity contribution in [2.45, 2.75) is 46.2 Å². The first-order valence-corrected chi connectivity index (χ1v) is 9.04. The summed E-state index contributed by atoms with van der Waals surface area (Å²) in [4.78, 5) is 4.33. The maximum atomic E-state index is 12.1. The molecule has 1 aromatic rings. The lowest BCUT2D eigenvalue weighted by atomic mass is 10.2. The Morgan fingerprint density at radius 1 is 1.40 bits per heavy atom. The smallest absolute Gasteiger partial charge is 0.303 e. The van der Waals surface area contributed by atoms with Crippen LogP contribution in [0.15, 0.2) is 5.38 Å². The minimum Gasteiger partial charge on any atom is -0.309 e. The second-order valence-electron chi connectivity index (χ2n) is 4.97. The van der Waals surface area contributed by atoms with Gasteiger partial charge in [-0.1, -0.05) is 6.92 Å². The van der Waals surface area contributed by atoms with Crippen LogP contribution in [0.4, 0.5) is 5.13 Å². The fourth-order valence-corrected chi connectivity index (χ4v) is 3.58. The second kappa shape index (κ2) is 7.35. The quantitative estimate of drug-likeness (QED) is 0.770. The molecule has 1 unspecified atom stereocenters. The summed E-state index contributed by atoms with van der Waals surface area (Å²) in [5, 5.41) is 5.60. The molecule has 0 spiro atoms. The Labute approximate surface area is 125 Å². The molecule has 0 bridgehead atoms. The van der Waals surface area contributed by atoms with E-state index < -0.39 is 10.2 Å². The molecule has 0 aliphatic carbocycles. The monoisotopic (exact) mass is 320 g/mol. The minimum atomic E-state index is -3.53. The summed E-state index contributed by atoms with van der Waals surface area (Å²) in [6.07, 6.45) is 1.05. The van der Waals surface area contributed by atoms with Gasteiger partial charge in [-0.05, 0) is 33.7 Å². The third kappa shape index (κ3) is 4.69. The van der Waals surface area contributed by atoms with Crippen LogP contribution in [0.1, 0.15) is 45.9 Å². The molecule has 116 valence electrons. The van der Waals surface area contributed by atoms with Crippen molar-refractivity contribution in [1.82, 2.24) is 14.6 Å². The van der Waals surface area contributed by atoms with Gasteiger partial charge in [0.2, 0.25) is 0 Å². The topological polar surface area (TPSA) is 74.3 Å². The van der Waals surface area contributed by atoms with Gasteiger partial charge in [0.25, 0.3) is 0 Å². The Hall–Kier alpha value is -0.700.